The standard InChI is InChI=1S/C14H11BrFN3O/c15-10-3-9(4-11(16)6-10)5-14(20)12-7-18-19-2-1-17-8-13(12)19/h1-4,6-8,14,20H,5H2. The minimum atomic E-state index is -0.759. The highest BCUT2D eigenvalue weighted by atomic mass is 79.9. The van der Waals surface area contributed by atoms with Gasteiger partial charge in [-0.2, -0.15) is 5.10 Å². The molecule has 0 aliphatic heterocycles. The molecule has 1 aromatic carbocycles. The lowest BCUT2D eigenvalue weighted by molar-refractivity contribution is 0.180. The van der Waals surface area contributed by atoms with Crippen LogP contribution in [0.2, 0.25) is 0 Å². The highest BCUT2D eigenvalue weighted by Gasteiger charge is 2.15. The van der Waals surface area contributed by atoms with Crippen LogP contribution in [0.15, 0.2) is 47.5 Å². The van der Waals surface area contributed by atoms with E-state index in [9.17, 15) is 9.50 Å². The molecular weight excluding hydrogens is 325 g/mol. The van der Waals surface area contributed by atoms with E-state index in [1.54, 1.807) is 35.4 Å². The van der Waals surface area contributed by atoms with Gasteiger partial charge in [-0.1, -0.05) is 15.9 Å². The molecule has 0 saturated heterocycles. The molecule has 20 heavy (non-hydrogen) atoms. The van der Waals surface area contributed by atoms with Crippen molar-refractivity contribution in [2.24, 2.45) is 0 Å². The van der Waals surface area contributed by atoms with Gasteiger partial charge in [-0.05, 0) is 23.8 Å². The van der Waals surface area contributed by atoms with Gasteiger partial charge in [-0.25, -0.2) is 8.91 Å². The molecule has 4 nitrogen and oxygen atoms in total. The highest BCUT2D eigenvalue weighted by molar-refractivity contribution is 9.10. The van der Waals surface area contributed by atoms with Gasteiger partial charge in [0, 0.05) is 28.9 Å². The van der Waals surface area contributed by atoms with E-state index in [-0.39, 0.29) is 5.82 Å². The third-order valence-corrected chi connectivity index (χ3v) is 3.52. The van der Waals surface area contributed by atoms with E-state index in [0.29, 0.717) is 22.0 Å². The van der Waals surface area contributed by atoms with Crippen LogP contribution >= 0.6 is 15.9 Å². The van der Waals surface area contributed by atoms with Gasteiger partial charge in [-0.15, -0.1) is 0 Å². The number of hydrogen-bond donors (Lipinski definition) is 1. The first kappa shape index (κ1) is 13.2. The quantitative estimate of drug-likeness (QED) is 0.800. The maximum Gasteiger partial charge on any atom is 0.124 e. The van der Waals surface area contributed by atoms with E-state index < -0.39 is 6.10 Å². The molecule has 1 N–H and O–H groups in total. The average Bonchev–Trinajstić information content (AvgIpc) is 2.81. The van der Waals surface area contributed by atoms with Gasteiger partial charge in [0.15, 0.2) is 0 Å². The minimum Gasteiger partial charge on any atom is -0.388 e. The van der Waals surface area contributed by atoms with E-state index in [4.69, 9.17) is 0 Å². The van der Waals surface area contributed by atoms with Crippen molar-refractivity contribution in [1.29, 1.82) is 0 Å². The van der Waals surface area contributed by atoms with Crippen LogP contribution < -0.4 is 0 Å². The van der Waals surface area contributed by atoms with Crippen LogP contribution in [-0.2, 0) is 6.42 Å². The summed E-state index contributed by atoms with van der Waals surface area (Å²) in [7, 11) is 0. The second kappa shape index (κ2) is 5.30. The Morgan fingerprint density at radius 3 is 2.95 bits per heavy atom. The normalized spacial score (nSPS) is 12.8. The summed E-state index contributed by atoms with van der Waals surface area (Å²) >= 11 is 3.24. The van der Waals surface area contributed by atoms with Crippen LogP contribution in [0.1, 0.15) is 17.2 Å². The van der Waals surface area contributed by atoms with Crippen molar-refractivity contribution < 1.29 is 9.50 Å². The Bertz CT molecular complexity index is 739. The van der Waals surface area contributed by atoms with Gasteiger partial charge >= 0.3 is 0 Å². The zero-order valence-corrected chi connectivity index (χ0v) is 12.0. The number of aliphatic hydroxyl groups excluding tert-OH is 1. The molecule has 1 atom stereocenters. The van der Waals surface area contributed by atoms with Gasteiger partial charge in [-0.3, -0.25) is 4.98 Å². The Morgan fingerprint density at radius 1 is 1.30 bits per heavy atom. The van der Waals surface area contributed by atoms with Gasteiger partial charge in [0.2, 0.25) is 0 Å². The second-order valence-corrected chi connectivity index (χ2v) is 5.42. The fourth-order valence-electron chi connectivity index (χ4n) is 2.17. The zero-order chi connectivity index (χ0) is 14.1. The Kier molecular flexibility index (Phi) is 3.50. The lowest BCUT2D eigenvalue weighted by atomic mass is 10.0. The maximum atomic E-state index is 13.3. The lowest BCUT2D eigenvalue weighted by Gasteiger charge is -2.10. The Hall–Kier alpha value is -1.79. The minimum absolute atomic E-state index is 0.312. The predicted molar refractivity (Wildman–Crippen MR) is 75.8 cm³/mol. The molecule has 0 fully saturated rings. The van der Waals surface area contributed by atoms with Crippen molar-refractivity contribution in [3.8, 4) is 0 Å². The van der Waals surface area contributed by atoms with Crippen LogP contribution in [0.25, 0.3) is 5.52 Å². The Labute approximate surface area is 123 Å². The fraction of sp³-hybridized carbons (Fsp3) is 0.143. The lowest BCUT2D eigenvalue weighted by Crippen LogP contribution is -2.02. The summed E-state index contributed by atoms with van der Waals surface area (Å²) in [5.41, 5.74) is 2.14. The Balaban J connectivity index is 1.91. The molecule has 1 unspecified atom stereocenters. The summed E-state index contributed by atoms with van der Waals surface area (Å²) in [6.45, 7) is 0. The third kappa shape index (κ3) is 2.57. The van der Waals surface area contributed by atoms with Crippen molar-refractivity contribution in [2.45, 2.75) is 12.5 Å². The monoisotopic (exact) mass is 335 g/mol. The SMILES string of the molecule is OC(Cc1cc(F)cc(Br)c1)c1cnn2ccncc12. The van der Waals surface area contributed by atoms with E-state index in [0.717, 1.165) is 5.52 Å². The van der Waals surface area contributed by atoms with Crippen LogP contribution in [0.4, 0.5) is 4.39 Å². The summed E-state index contributed by atoms with van der Waals surface area (Å²) in [4.78, 5) is 4.02. The molecule has 0 aliphatic carbocycles. The molecule has 0 saturated carbocycles. The van der Waals surface area contributed by atoms with Crippen molar-refractivity contribution in [1.82, 2.24) is 14.6 Å². The molecule has 2 aromatic heterocycles. The zero-order valence-electron chi connectivity index (χ0n) is 10.4. The number of nitrogens with zero attached hydrogens (tertiary/aromatic N) is 3. The summed E-state index contributed by atoms with van der Waals surface area (Å²) in [6, 6.07) is 4.59. The first-order chi connectivity index (χ1) is 9.63. The maximum absolute atomic E-state index is 13.3. The van der Waals surface area contributed by atoms with Gasteiger partial charge < -0.3 is 5.11 Å². The molecule has 0 spiro atoms. The first-order valence-corrected chi connectivity index (χ1v) is 6.83. The van der Waals surface area contributed by atoms with E-state index in [2.05, 4.69) is 26.0 Å². The van der Waals surface area contributed by atoms with Gasteiger partial charge in [0.1, 0.15) is 5.82 Å². The van der Waals surface area contributed by atoms with E-state index in [1.807, 2.05) is 0 Å². The molecule has 0 aliphatic rings. The van der Waals surface area contributed by atoms with Crippen LogP contribution in [0, 0.1) is 5.82 Å². The second-order valence-electron chi connectivity index (χ2n) is 4.50. The van der Waals surface area contributed by atoms with E-state index >= 15 is 0 Å². The number of benzene rings is 1. The van der Waals surface area contributed by atoms with Gasteiger partial charge in [0.05, 0.1) is 24.0 Å². The number of halogens is 2. The smallest absolute Gasteiger partial charge is 0.124 e. The summed E-state index contributed by atoms with van der Waals surface area (Å²) in [6.07, 6.45) is 6.14. The van der Waals surface area contributed by atoms with Crippen molar-refractivity contribution in [3.05, 3.63) is 64.4 Å². The molecule has 2 heterocycles. The highest BCUT2D eigenvalue weighted by Crippen LogP contribution is 2.24. The number of aliphatic hydroxyl groups is 1. The largest absolute Gasteiger partial charge is 0.388 e. The number of aromatic nitrogens is 3. The molecule has 0 bridgehead atoms. The van der Waals surface area contributed by atoms with Crippen molar-refractivity contribution in [3.63, 3.8) is 0 Å². The van der Waals surface area contributed by atoms with Crippen molar-refractivity contribution >= 4 is 21.4 Å². The number of fused-ring (bicyclic) bond motifs is 1. The summed E-state index contributed by atoms with van der Waals surface area (Å²) in [5.74, 6) is -0.330. The number of rotatable bonds is 3. The van der Waals surface area contributed by atoms with Gasteiger partial charge in [0.25, 0.3) is 0 Å². The third-order valence-electron chi connectivity index (χ3n) is 3.06. The summed E-state index contributed by atoms with van der Waals surface area (Å²) in [5, 5.41) is 14.5. The average molecular weight is 336 g/mol. The number of hydrogen-bond acceptors (Lipinski definition) is 3. The fourth-order valence-corrected chi connectivity index (χ4v) is 2.68. The van der Waals surface area contributed by atoms with E-state index in [1.165, 1.54) is 12.1 Å². The molecule has 0 amide bonds. The topological polar surface area (TPSA) is 50.4 Å². The molecule has 102 valence electrons. The van der Waals surface area contributed by atoms with Crippen LogP contribution in [0.5, 0.6) is 0 Å². The van der Waals surface area contributed by atoms with Crippen LogP contribution in [0.3, 0.4) is 0 Å². The first-order valence-electron chi connectivity index (χ1n) is 6.04. The molecule has 3 aromatic rings. The Morgan fingerprint density at radius 2 is 2.15 bits per heavy atom. The molecule has 6 heteroatoms. The molecule has 0 radical (unpaired) electrons. The van der Waals surface area contributed by atoms with Crippen molar-refractivity contribution in [2.75, 3.05) is 0 Å². The summed E-state index contributed by atoms with van der Waals surface area (Å²) < 4.78 is 15.6. The predicted octanol–water partition coefficient (Wildman–Crippen LogP) is 2.91. The van der Waals surface area contributed by atoms with Crippen LogP contribution in [-0.4, -0.2) is 19.7 Å². The molecular formula is C14H11BrFN3O. The molecule has 3 rings (SSSR count).